The minimum absolute atomic E-state index is 0.267. The Bertz CT molecular complexity index is 277. The van der Waals surface area contributed by atoms with Crippen LogP contribution in [0.15, 0.2) is 0 Å². The predicted octanol–water partition coefficient (Wildman–Crippen LogP) is 0.0122. The largest absolute Gasteiger partial charge is 0.345 e. The number of carbonyl (C=O) groups excluding carboxylic acids is 3. The molecule has 4 nitrogen and oxygen atoms in total. The Morgan fingerprint density at radius 1 is 1.50 bits per heavy atom. The van der Waals surface area contributed by atoms with Crippen LogP contribution in [0.4, 0.5) is 0 Å². The zero-order valence-electron chi connectivity index (χ0n) is 8.20. The molecule has 1 rings (SSSR count). The quantitative estimate of drug-likeness (QED) is 0.671. The maximum atomic E-state index is 11.5. The van der Waals surface area contributed by atoms with Crippen LogP contribution in [0.5, 0.6) is 0 Å². The van der Waals surface area contributed by atoms with Gasteiger partial charge in [0, 0.05) is 0 Å². The number of rotatable bonds is 4. The van der Waals surface area contributed by atoms with E-state index in [1.54, 1.807) is 11.8 Å². The summed E-state index contributed by atoms with van der Waals surface area (Å²) in [4.78, 5) is 33.8. The predicted molar refractivity (Wildman–Crippen MR) is 54.1 cm³/mol. The molecule has 0 aromatic rings. The summed E-state index contributed by atoms with van der Waals surface area (Å²) >= 11 is 1.61. The summed E-state index contributed by atoms with van der Waals surface area (Å²) in [6.07, 6.45) is 2.54. The van der Waals surface area contributed by atoms with Gasteiger partial charge in [-0.15, -0.1) is 0 Å². The van der Waals surface area contributed by atoms with Crippen molar-refractivity contribution in [1.82, 2.24) is 5.32 Å². The van der Waals surface area contributed by atoms with Crippen LogP contribution >= 0.6 is 11.8 Å². The van der Waals surface area contributed by atoms with E-state index in [4.69, 9.17) is 0 Å². The molecule has 1 aliphatic heterocycles. The summed E-state index contributed by atoms with van der Waals surface area (Å²) in [5.41, 5.74) is 0. The SMILES string of the molecule is CSCCC1NC(=O)C(C(C)=O)C1=O. The number of nitrogens with one attached hydrogen (secondary N) is 1. The molecule has 1 amide bonds. The van der Waals surface area contributed by atoms with Crippen LogP contribution in [-0.4, -0.2) is 35.5 Å². The monoisotopic (exact) mass is 215 g/mol. The second kappa shape index (κ2) is 4.59. The number of hydrogen-bond acceptors (Lipinski definition) is 4. The van der Waals surface area contributed by atoms with E-state index in [2.05, 4.69) is 5.32 Å². The maximum Gasteiger partial charge on any atom is 0.238 e. The zero-order valence-corrected chi connectivity index (χ0v) is 9.02. The minimum Gasteiger partial charge on any atom is -0.345 e. The molecule has 1 N–H and O–H groups in total. The molecule has 0 aromatic carbocycles. The van der Waals surface area contributed by atoms with Gasteiger partial charge in [-0.3, -0.25) is 14.4 Å². The van der Waals surface area contributed by atoms with Crippen LogP contribution in [0, 0.1) is 5.92 Å². The Kier molecular flexibility index (Phi) is 3.69. The summed E-state index contributed by atoms with van der Waals surface area (Å²) in [6.45, 7) is 1.28. The Labute approximate surface area is 86.8 Å². The molecular formula is C9H13NO3S. The number of carbonyl (C=O) groups is 3. The Hall–Kier alpha value is -0.840. The zero-order chi connectivity index (χ0) is 10.7. The van der Waals surface area contributed by atoms with Gasteiger partial charge in [0.05, 0.1) is 6.04 Å². The second-order valence-corrected chi connectivity index (χ2v) is 4.27. The molecule has 1 heterocycles. The molecule has 14 heavy (non-hydrogen) atoms. The van der Waals surface area contributed by atoms with Crippen LogP contribution in [0.1, 0.15) is 13.3 Å². The van der Waals surface area contributed by atoms with Crippen molar-refractivity contribution in [3.63, 3.8) is 0 Å². The number of hydrogen-bond donors (Lipinski definition) is 1. The molecule has 1 aliphatic rings. The Morgan fingerprint density at radius 2 is 2.14 bits per heavy atom. The lowest BCUT2D eigenvalue weighted by Gasteiger charge is -2.06. The molecule has 0 aromatic heterocycles. The van der Waals surface area contributed by atoms with Crippen molar-refractivity contribution in [2.24, 2.45) is 5.92 Å². The van der Waals surface area contributed by atoms with Gasteiger partial charge in [-0.2, -0.15) is 11.8 Å². The van der Waals surface area contributed by atoms with Crippen LogP contribution < -0.4 is 5.32 Å². The molecule has 0 bridgehead atoms. The molecule has 78 valence electrons. The van der Waals surface area contributed by atoms with Crippen molar-refractivity contribution in [2.45, 2.75) is 19.4 Å². The van der Waals surface area contributed by atoms with Gasteiger partial charge in [0.15, 0.2) is 11.7 Å². The van der Waals surface area contributed by atoms with Gasteiger partial charge in [0.2, 0.25) is 5.91 Å². The highest BCUT2D eigenvalue weighted by molar-refractivity contribution is 7.98. The molecular weight excluding hydrogens is 202 g/mol. The molecule has 0 saturated carbocycles. The molecule has 0 aliphatic carbocycles. The summed E-state index contributed by atoms with van der Waals surface area (Å²) in [5, 5.41) is 2.55. The maximum absolute atomic E-state index is 11.5. The van der Waals surface area contributed by atoms with Crippen LogP contribution in [0.2, 0.25) is 0 Å². The fourth-order valence-corrected chi connectivity index (χ4v) is 1.96. The van der Waals surface area contributed by atoms with Crippen molar-refractivity contribution < 1.29 is 14.4 Å². The first-order valence-corrected chi connectivity index (χ1v) is 5.80. The third-order valence-electron chi connectivity index (χ3n) is 2.22. The fourth-order valence-electron chi connectivity index (χ4n) is 1.49. The van der Waals surface area contributed by atoms with Crippen LogP contribution in [0.3, 0.4) is 0 Å². The molecule has 2 atom stereocenters. The smallest absolute Gasteiger partial charge is 0.238 e. The van der Waals surface area contributed by atoms with Gasteiger partial charge in [0.25, 0.3) is 0 Å². The lowest BCUT2D eigenvalue weighted by molar-refractivity contribution is -0.135. The van der Waals surface area contributed by atoms with E-state index in [1.165, 1.54) is 6.92 Å². The Morgan fingerprint density at radius 3 is 2.57 bits per heavy atom. The lowest BCUT2D eigenvalue weighted by Crippen LogP contribution is -2.29. The number of thioether (sulfide) groups is 1. The lowest BCUT2D eigenvalue weighted by atomic mass is 9.98. The highest BCUT2D eigenvalue weighted by Crippen LogP contribution is 2.16. The summed E-state index contributed by atoms with van der Waals surface area (Å²) in [7, 11) is 0. The second-order valence-electron chi connectivity index (χ2n) is 3.29. The average molecular weight is 215 g/mol. The molecule has 0 spiro atoms. The van der Waals surface area contributed by atoms with Crippen molar-refractivity contribution in [1.29, 1.82) is 0 Å². The molecule has 1 saturated heterocycles. The van der Waals surface area contributed by atoms with Gasteiger partial charge in [0.1, 0.15) is 5.78 Å². The highest BCUT2D eigenvalue weighted by Gasteiger charge is 2.42. The van der Waals surface area contributed by atoms with E-state index in [-0.39, 0.29) is 11.6 Å². The summed E-state index contributed by atoms with van der Waals surface area (Å²) < 4.78 is 0. The first kappa shape index (κ1) is 11.2. The van der Waals surface area contributed by atoms with Gasteiger partial charge in [-0.1, -0.05) is 0 Å². The average Bonchev–Trinajstić information content (AvgIpc) is 2.38. The normalized spacial score (nSPS) is 26.4. The van der Waals surface area contributed by atoms with E-state index in [0.29, 0.717) is 6.42 Å². The highest BCUT2D eigenvalue weighted by atomic mass is 32.2. The van der Waals surface area contributed by atoms with Crippen molar-refractivity contribution in [3.8, 4) is 0 Å². The molecule has 5 heteroatoms. The van der Waals surface area contributed by atoms with E-state index in [9.17, 15) is 14.4 Å². The Balaban J connectivity index is 2.64. The first-order valence-electron chi connectivity index (χ1n) is 4.41. The molecule has 2 unspecified atom stereocenters. The molecule has 0 radical (unpaired) electrons. The van der Waals surface area contributed by atoms with Crippen molar-refractivity contribution in [2.75, 3.05) is 12.0 Å². The molecule has 1 fully saturated rings. The first-order chi connectivity index (χ1) is 6.57. The van der Waals surface area contributed by atoms with Gasteiger partial charge in [-0.25, -0.2) is 0 Å². The fraction of sp³-hybridized carbons (Fsp3) is 0.667. The van der Waals surface area contributed by atoms with E-state index < -0.39 is 17.9 Å². The number of ketones is 2. The minimum atomic E-state index is -1.05. The van der Waals surface area contributed by atoms with Gasteiger partial charge < -0.3 is 5.32 Å². The van der Waals surface area contributed by atoms with E-state index >= 15 is 0 Å². The van der Waals surface area contributed by atoms with Gasteiger partial charge >= 0.3 is 0 Å². The standard InChI is InChI=1S/C9H13NO3S/c1-5(11)7-8(12)6(3-4-14-2)10-9(7)13/h6-7H,3-4H2,1-2H3,(H,10,13). The van der Waals surface area contributed by atoms with Crippen LogP contribution in [-0.2, 0) is 14.4 Å². The number of amides is 1. The van der Waals surface area contributed by atoms with Crippen LogP contribution in [0.25, 0.3) is 0 Å². The van der Waals surface area contributed by atoms with Crippen molar-refractivity contribution in [3.05, 3.63) is 0 Å². The summed E-state index contributed by atoms with van der Waals surface area (Å²) in [6, 6.07) is -0.455. The third-order valence-corrected chi connectivity index (χ3v) is 2.87. The van der Waals surface area contributed by atoms with Crippen molar-refractivity contribution >= 4 is 29.2 Å². The number of Topliss-reactive ketones (excluding diaryl/α,β-unsaturated/α-hetero) is 2. The third kappa shape index (κ3) is 2.15. The van der Waals surface area contributed by atoms with E-state index in [1.807, 2.05) is 6.26 Å². The van der Waals surface area contributed by atoms with E-state index in [0.717, 1.165) is 5.75 Å². The topological polar surface area (TPSA) is 63.2 Å². The summed E-state index contributed by atoms with van der Waals surface area (Å²) in [5.74, 6) is -1.31. The van der Waals surface area contributed by atoms with Gasteiger partial charge in [-0.05, 0) is 25.4 Å².